The average Bonchev–Trinajstić information content (AvgIpc) is 3.51. The zero-order valence-electron chi connectivity index (χ0n) is 18.1. The lowest BCUT2D eigenvalue weighted by molar-refractivity contribution is 0.143. The number of alkyl halides is 1. The van der Waals surface area contributed by atoms with Gasteiger partial charge in [0.2, 0.25) is 5.95 Å². The van der Waals surface area contributed by atoms with Gasteiger partial charge >= 0.3 is 0 Å². The number of aliphatic hydroxyl groups excluding tert-OH is 1. The highest BCUT2D eigenvalue weighted by atomic mass is 35.5. The summed E-state index contributed by atoms with van der Waals surface area (Å²) in [5.41, 5.74) is 0.370. The summed E-state index contributed by atoms with van der Waals surface area (Å²) >= 11 is 5.87. The molecule has 2 unspecified atom stereocenters. The normalized spacial score (nSPS) is 28.9. The summed E-state index contributed by atoms with van der Waals surface area (Å²) in [5.74, 6) is 1.06. The minimum Gasteiger partial charge on any atom is -0.394 e. The Hall–Kier alpha value is -1.91. The molecular formula is C22H26ClFN6O2S. The van der Waals surface area contributed by atoms with Crippen molar-refractivity contribution in [1.29, 1.82) is 0 Å². The second kappa shape index (κ2) is 7.81. The van der Waals surface area contributed by atoms with Gasteiger partial charge in [-0.05, 0) is 38.5 Å². The fourth-order valence-corrected chi connectivity index (χ4v) is 7.06. The SMILES string of the molecule is O=[S@]1c2c(nc(N3CCC(c4ncc(Cl)cn4)C(F)C3)nc2NC2(CO)CCC2)CC12CC2. The van der Waals surface area contributed by atoms with E-state index in [1.54, 1.807) is 0 Å². The van der Waals surface area contributed by atoms with Crippen LogP contribution < -0.4 is 10.2 Å². The van der Waals surface area contributed by atoms with Crippen molar-refractivity contribution in [2.75, 3.05) is 29.9 Å². The smallest absolute Gasteiger partial charge is 0.227 e. The number of halogens is 2. The third kappa shape index (κ3) is 3.61. The Morgan fingerprint density at radius 1 is 1.24 bits per heavy atom. The summed E-state index contributed by atoms with van der Waals surface area (Å²) in [6.07, 6.45) is 7.58. The van der Waals surface area contributed by atoms with Crippen molar-refractivity contribution in [3.05, 3.63) is 28.9 Å². The molecule has 2 aromatic rings. The first-order valence-electron chi connectivity index (χ1n) is 11.5. The Balaban J connectivity index is 1.29. The monoisotopic (exact) mass is 492 g/mol. The fraction of sp³-hybridized carbons (Fsp3) is 0.636. The van der Waals surface area contributed by atoms with Crippen LogP contribution in [0.15, 0.2) is 17.3 Å². The van der Waals surface area contributed by atoms with Gasteiger partial charge in [-0.25, -0.2) is 19.3 Å². The number of fused-ring (bicyclic) bond motifs is 1. The summed E-state index contributed by atoms with van der Waals surface area (Å²) in [4.78, 5) is 20.5. The van der Waals surface area contributed by atoms with Gasteiger partial charge < -0.3 is 15.3 Å². The van der Waals surface area contributed by atoms with Crippen LogP contribution in [-0.4, -0.2) is 65.4 Å². The molecule has 0 radical (unpaired) electrons. The van der Waals surface area contributed by atoms with Gasteiger partial charge in [-0.1, -0.05) is 11.6 Å². The summed E-state index contributed by atoms with van der Waals surface area (Å²) in [6, 6.07) is 0. The van der Waals surface area contributed by atoms with Crippen molar-refractivity contribution in [2.24, 2.45) is 0 Å². The lowest BCUT2D eigenvalue weighted by atomic mass is 9.77. The Bertz CT molecular complexity index is 1110. The third-order valence-corrected chi connectivity index (χ3v) is 9.93. The molecule has 33 heavy (non-hydrogen) atoms. The molecule has 2 aliphatic carbocycles. The van der Waals surface area contributed by atoms with E-state index in [0.717, 1.165) is 37.8 Å². The zero-order valence-corrected chi connectivity index (χ0v) is 19.7. The number of hydrogen-bond donors (Lipinski definition) is 2. The van der Waals surface area contributed by atoms with Crippen molar-refractivity contribution in [2.45, 2.75) is 72.2 Å². The molecule has 2 aliphatic heterocycles. The summed E-state index contributed by atoms with van der Waals surface area (Å²) < 4.78 is 28.3. The predicted octanol–water partition coefficient (Wildman–Crippen LogP) is 2.78. The van der Waals surface area contributed by atoms with Crippen LogP contribution in [0.4, 0.5) is 16.2 Å². The zero-order chi connectivity index (χ0) is 22.8. The summed E-state index contributed by atoms with van der Waals surface area (Å²) in [6.45, 7) is 0.695. The average molecular weight is 493 g/mol. The quantitative estimate of drug-likeness (QED) is 0.656. The molecule has 3 fully saturated rings. The van der Waals surface area contributed by atoms with Gasteiger partial charge in [-0.15, -0.1) is 0 Å². The number of nitrogens with one attached hydrogen (secondary N) is 1. The molecule has 11 heteroatoms. The number of anilines is 2. The molecule has 2 aromatic heterocycles. The van der Waals surface area contributed by atoms with Crippen LogP contribution in [0.1, 0.15) is 56.0 Å². The Labute approximate surface area is 198 Å². The van der Waals surface area contributed by atoms with Crippen LogP contribution in [0.2, 0.25) is 5.02 Å². The second-order valence-corrected chi connectivity index (χ2v) is 12.1. The van der Waals surface area contributed by atoms with Crippen LogP contribution in [0.3, 0.4) is 0 Å². The highest BCUT2D eigenvalue weighted by molar-refractivity contribution is 7.87. The van der Waals surface area contributed by atoms with E-state index in [2.05, 4.69) is 15.3 Å². The van der Waals surface area contributed by atoms with Gasteiger partial charge in [0.15, 0.2) is 0 Å². The fourth-order valence-electron chi connectivity index (χ4n) is 5.18. The first-order chi connectivity index (χ1) is 15.9. The maximum Gasteiger partial charge on any atom is 0.227 e. The first kappa shape index (κ1) is 21.6. The van der Waals surface area contributed by atoms with Crippen LogP contribution in [0.25, 0.3) is 0 Å². The van der Waals surface area contributed by atoms with E-state index < -0.39 is 28.4 Å². The van der Waals surface area contributed by atoms with Gasteiger partial charge in [0.1, 0.15) is 22.7 Å². The number of rotatable bonds is 5. The van der Waals surface area contributed by atoms with Crippen molar-refractivity contribution in [3.8, 4) is 0 Å². The number of hydrogen-bond acceptors (Lipinski definition) is 8. The number of aliphatic hydroxyl groups is 1. The van der Waals surface area contributed by atoms with Crippen molar-refractivity contribution < 1.29 is 13.7 Å². The maximum absolute atomic E-state index is 15.2. The summed E-state index contributed by atoms with van der Waals surface area (Å²) in [7, 11) is -1.16. The van der Waals surface area contributed by atoms with Gasteiger partial charge in [-0.3, -0.25) is 4.21 Å². The van der Waals surface area contributed by atoms with E-state index >= 15 is 4.39 Å². The van der Waals surface area contributed by atoms with Crippen molar-refractivity contribution in [1.82, 2.24) is 19.9 Å². The Morgan fingerprint density at radius 2 is 2.00 bits per heavy atom. The molecule has 0 amide bonds. The van der Waals surface area contributed by atoms with E-state index in [4.69, 9.17) is 21.6 Å². The van der Waals surface area contributed by atoms with E-state index in [0.29, 0.717) is 46.9 Å². The topological polar surface area (TPSA) is 104 Å². The molecule has 0 aromatic carbocycles. The van der Waals surface area contributed by atoms with Crippen LogP contribution in [-0.2, 0) is 17.2 Å². The van der Waals surface area contributed by atoms with Gasteiger partial charge in [-0.2, -0.15) is 4.98 Å². The molecule has 1 saturated heterocycles. The minimum absolute atomic E-state index is 0.00206. The van der Waals surface area contributed by atoms with Crippen LogP contribution >= 0.6 is 11.6 Å². The Morgan fingerprint density at radius 3 is 2.61 bits per heavy atom. The van der Waals surface area contributed by atoms with Crippen LogP contribution in [0, 0.1) is 0 Å². The standard InChI is InChI=1S/C22H26ClFN6O2S/c23-13-9-25-18(26-10-13)14-2-7-30(11-15(14)24)20-27-16-8-22(5-6-22)33(32)17(16)19(28-20)29-21(12-31)3-1-4-21/h9-10,14-15,31H,1-8,11-12H2,(H,27,28,29)/t14?,15?,33-/m0/s1. The van der Waals surface area contributed by atoms with E-state index in [-0.39, 0.29) is 17.9 Å². The number of nitrogens with zero attached hydrogens (tertiary/aromatic N) is 5. The molecule has 4 heterocycles. The molecule has 6 rings (SSSR count). The molecule has 4 aliphatic rings. The van der Waals surface area contributed by atoms with E-state index in [9.17, 15) is 9.32 Å². The second-order valence-electron chi connectivity index (χ2n) is 9.81. The summed E-state index contributed by atoms with van der Waals surface area (Å²) in [5, 5.41) is 13.8. The first-order valence-corrected chi connectivity index (χ1v) is 13.0. The Kier molecular flexibility index (Phi) is 5.12. The molecule has 2 saturated carbocycles. The molecule has 8 nitrogen and oxygen atoms in total. The van der Waals surface area contributed by atoms with Crippen molar-refractivity contribution in [3.63, 3.8) is 0 Å². The molecule has 176 valence electrons. The molecule has 3 atom stereocenters. The number of aromatic nitrogens is 4. The van der Waals surface area contributed by atoms with Crippen molar-refractivity contribution >= 4 is 34.2 Å². The maximum atomic E-state index is 15.2. The van der Waals surface area contributed by atoms with Crippen LogP contribution in [0.5, 0.6) is 0 Å². The van der Waals surface area contributed by atoms with Gasteiger partial charge in [0.05, 0.1) is 50.9 Å². The molecular weight excluding hydrogens is 467 g/mol. The lowest BCUT2D eigenvalue weighted by Crippen LogP contribution is -2.49. The molecule has 1 spiro atoms. The number of piperidine rings is 1. The highest BCUT2D eigenvalue weighted by Gasteiger charge is 2.56. The minimum atomic E-state index is -1.17. The lowest BCUT2D eigenvalue weighted by Gasteiger charge is -2.42. The van der Waals surface area contributed by atoms with E-state index in [1.165, 1.54) is 12.4 Å². The third-order valence-electron chi connectivity index (χ3n) is 7.59. The predicted molar refractivity (Wildman–Crippen MR) is 123 cm³/mol. The van der Waals surface area contributed by atoms with Gasteiger partial charge in [0, 0.05) is 25.4 Å². The largest absolute Gasteiger partial charge is 0.394 e. The van der Waals surface area contributed by atoms with Gasteiger partial charge in [0.25, 0.3) is 0 Å². The van der Waals surface area contributed by atoms with E-state index in [1.807, 2.05) is 4.90 Å². The molecule has 0 bridgehead atoms. The molecule has 2 N–H and O–H groups in total. The highest BCUT2D eigenvalue weighted by Crippen LogP contribution is 2.54.